The highest BCUT2D eigenvalue weighted by Crippen LogP contribution is 2.15. The van der Waals surface area contributed by atoms with E-state index >= 15 is 0 Å². The van der Waals surface area contributed by atoms with Crippen LogP contribution in [0.1, 0.15) is 29.8 Å². The first-order valence-corrected chi connectivity index (χ1v) is 7.01. The number of carboxylic acids is 1. The fourth-order valence-corrected chi connectivity index (χ4v) is 1.86. The molecule has 7 heteroatoms. The molecule has 1 aromatic heterocycles. The minimum Gasteiger partial charge on any atom is -0.481 e. The minimum absolute atomic E-state index is 0.0365. The number of benzene rings is 1. The average molecular weight is 316 g/mol. The fraction of sp³-hybridized carbons (Fsp3) is 0.188. The zero-order chi connectivity index (χ0) is 16.7. The van der Waals surface area contributed by atoms with E-state index in [4.69, 9.17) is 9.52 Å². The molecule has 0 atom stereocenters. The number of carbonyl (C=O) groups is 3. The lowest BCUT2D eigenvalue weighted by molar-refractivity contribution is -0.137. The third-order valence-corrected chi connectivity index (χ3v) is 2.97. The van der Waals surface area contributed by atoms with Gasteiger partial charge in [0.05, 0.1) is 6.26 Å². The molecular formula is C16H16N2O5. The second-order valence-electron chi connectivity index (χ2n) is 4.80. The van der Waals surface area contributed by atoms with Crippen molar-refractivity contribution in [1.29, 1.82) is 0 Å². The second kappa shape index (κ2) is 7.79. The second-order valence-corrected chi connectivity index (χ2v) is 4.80. The van der Waals surface area contributed by atoms with Crippen molar-refractivity contribution in [1.82, 2.24) is 0 Å². The molecule has 7 nitrogen and oxygen atoms in total. The molecule has 1 aromatic carbocycles. The Labute approximate surface area is 132 Å². The number of carbonyl (C=O) groups excluding carboxylic acids is 2. The van der Waals surface area contributed by atoms with Gasteiger partial charge in [0.2, 0.25) is 5.91 Å². The topological polar surface area (TPSA) is 109 Å². The lowest BCUT2D eigenvalue weighted by Crippen LogP contribution is -2.13. The van der Waals surface area contributed by atoms with Gasteiger partial charge in [-0.05, 0) is 42.8 Å². The zero-order valence-electron chi connectivity index (χ0n) is 12.2. The smallest absolute Gasteiger partial charge is 0.303 e. The molecule has 0 fully saturated rings. The normalized spacial score (nSPS) is 10.1. The average Bonchev–Trinajstić information content (AvgIpc) is 3.03. The predicted octanol–water partition coefficient (Wildman–Crippen LogP) is 2.73. The molecule has 0 aliphatic carbocycles. The molecule has 0 aliphatic rings. The van der Waals surface area contributed by atoms with Gasteiger partial charge in [-0.15, -0.1) is 0 Å². The van der Waals surface area contributed by atoms with Crippen molar-refractivity contribution in [2.75, 3.05) is 10.6 Å². The number of hydrogen-bond donors (Lipinski definition) is 3. The summed E-state index contributed by atoms with van der Waals surface area (Å²) in [7, 11) is 0. The first-order chi connectivity index (χ1) is 11.0. The van der Waals surface area contributed by atoms with Crippen molar-refractivity contribution < 1.29 is 23.9 Å². The molecule has 2 aromatic rings. The highest BCUT2D eigenvalue weighted by atomic mass is 16.4. The Morgan fingerprint density at radius 3 is 2.17 bits per heavy atom. The standard InChI is InChI=1S/C16H16N2O5/c19-14(4-1-5-15(20)21)17-11-6-8-12(9-7-11)18-16(22)13-3-2-10-23-13/h2-3,6-10H,1,4-5H2,(H,17,19)(H,18,22)(H,20,21). The minimum atomic E-state index is -0.922. The molecule has 2 amide bonds. The summed E-state index contributed by atoms with van der Waals surface area (Å²) in [6.45, 7) is 0. The molecule has 0 spiro atoms. The summed E-state index contributed by atoms with van der Waals surface area (Å²) in [5.74, 6) is -1.32. The quantitative estimate of drug-likeness (QED) is 0.727. The summed E-state index contributed by atoms with van der Waals surface area (Å²) in [5.41, 5.74) is 1.14. The molecule has 0 unspecified atom stereocenters. The molecule has 0 bridgehead atoms. The van der Waals surface area contributed by atoms with Gasteiger partial charge in [0.15, 0.2) is 5.76 Å². The number of furan rings is 1. The van der Waals surface area contributed by atoms with Crippen LogP contribution in [0.5, 0.6) is 0 Å². The van der Waals surface area contributed by atoms with Crippen LogP contribution in [0.4, 0.5) is 11.4 Å². The van der Waals surface area contributed by atoms with E-state index in [-0.39, 0.29) is 30.4 Å². The maximum Gasteiger partial charge on any atom is 0.303 e. The van der Waals surface area contributed by atoms with E-state index in [1.807, 2.05) is 0 Å². The molecule has 2 rings (SSSR count). The molecule has 1 heterocycles. The number of rotatable bonds is 7. The van der Waals surface area contributed by atoms with Crippen molar-refractivity contribution >= 4 is 29.2 Å². The molecule has 0 saturated carbocycles. The van der Waals surface area contributed by atoms with Crippen LogP contribution in [0.25, 0.3) is 0 Å². The highest BCUT2D eigenvalue weighted by molar-refractivity contribution is 6.02. The van der Waals surface area contributed by atoms with Gasteiger partial charge < -0.3 is 20.2 Å². The predicted molar refractivity (Wildman–Crippen MR) is 83.2 cm³/mol. The Bertz CT molecular complexity index is 677. The number of aliphatic carboxylic acids is 1. The van der Waals surface area contributed by atoms with E-state index in [0.717, 1.165) is 0 Å². The number of anilines is 2. The van der Waals surface area contributed by atoms with Crippen LogP contribution in [-0.4, -0.2) is 22.9 Å². The Kier molecular flexibility index (Phi) is 5.51. The number of carboxylic acid groups (broad SMARTS) is 1. The summed E-state index contributed by atoms with van der Waals surface area (Å²) in [6, 6.07) is 9.76. The van der Waals surface area contributed by atoms with E-state index in [9.17, 15) is 14.4 Å². The number of hydrogen-bond acceptors (Lipinski definition) is 4. The largest absolute Gasteiger partial charge is 0.481 e. The van der Waals surface area contributed by atoms with Gasteiger partial charge in [-0.25, -0.2) is 0 Å². The monoisotopic (exact) mass is 316 g/mol. The van der Waals surface area contributed by atoms with Crippen LogP contribution in [-0.2, 0) is 9.59 Å². The lowest BCUT2D eigenvalue weighted by atomic mass is 10.2. The van der Waals surface area contributed by atoms with E-state index in [0.29, 0.717) is 17.8 Å². The van der Waals surface area contributed by atoms with Crippen LogP contribution in [0.15, 0.2) is 47.1 Å². The fourth-order valence-electron chi connectivity index (χ4n) is 1.86. The summed E-state index contributed by atoms with van der Waals surface area (Å²) < 4.78 is 4.99. The first kappa shape index (κ1) is 16.3. The third kappa shape index (κ3) is 5.31. The van der Waals surface area contributed by atoms with Gasteiger partial charge in [0, 0.05) is 24.2 Å². The molecule has 0 radical (unpaired) electrons. The lowest BCUT2D eigenvalue weighted by Gasteiger charge is -2.07. The van der Waals surface area contributed by atoms with Crippen LogP contribution in [0.2, 0.25) is 0 Å². The summed E-state index contributed by atoms with van der Waals surface area (Å²) in [6.07, 6.45) is 1.81. The van der Waals surface area contributed by atoms with Crippen LogP contribution >= 0.6 is 0 Å². The van der Waals surface area contributed by atoms with E-state index in [2.05, 4.69) is 10.6 Å². The molecular weight excluding hydrogens is 300 g/mol. The van der Waals surface area contributed by atoms with E-state index in [1.165, 1.54) is 6.26 Å². The summed E-state index contributed by atoms with van der Waals surface area (Å²) in [5, 5.41) is 13.8. The first-order valence-electron chi connectivity index (χ1n) is 7.01. The summed E-state index contributed by atoms with van der Waals surface area (Å²) >= 11 is 0. The van der Waals surface area contributed by atoms with Crippen LogP contribution in [0, 0.1) is 0 Å². The third-order valence-electron chi connectivity index (χ3n) is 2.97. The number of amides is 2. The molecule has 3 N–H and O–H groups in total. The van der Waals surface area contributed by atoms with Gasteiger partial charge in [0.1, 0.15) is 0 Å². The van der Waals surface area contributed by atoms with E-state index in [1.54, 1.807) is 36.4 Å². The van der Waals surface area contributed by atoms with Crippen molar-refractivity contribution in [3.8, 4) is 0 Å². The Balaban J connectivity index is 1.83. The van der Waals surface area contributed by atoms with Crippen LogP contribution in [0.3, 0.4) is 0 Å². The van der Waals surface area contributed by atoms with Gasteiger partial charge in [0.25, 0.3) is 5.91 Å². The Hall–Kier alpha value is -3.09. The molecule has 0 saturated heterocycles. The van der Waals surface area contributed by atoms with E-state index < -0.39 is 5.97 Å². The molecule has 23 heavy (non-hydrogen) atoms. The number of nitrogens with one attached hydrogen (secondary N) is 2. The maximum absolute atomic E-state index is 11.8. The van der Waals surface area contributed by atoms with Gasteiger partial charge in [-0.1, -0.05) is 0 Å². The van der Waals surface area contributed by atoms with Gasteiger partial charge in [-0.2, -0.15) is 0 Å². The zero-order valence-corrected chi connectivity index (χ0v) is 12.2. The van der Waals surface area contributed by atoms with Crippen molar-refractivity contribution in [3.63, 3.8) is 0 Å². The van der Waals surface area contributed by atoms with Gasteiger partial charge in [-0.3, -0.25) is 14.4 Å². The van der Waals surface area contributed by atoms with Gasteiger partial charge >= 0.3 is 5.97 Å². The van der Waals surface area contributed by atoms with Crippen molar-refractivity contribution in [2.24, 2.45) is 0 Å². The molecule has 0 aliphatic heterocycles. The highest BCUT2D eigenvalue weighted by Gasteiger charge is 2.09. The maximum atomic E-state index is 11.8. The van der Waals surface area contributed by atoms with Crippen molar-refractivity contribution in [3.05, 3.63) is 48.4 Å². The Morgan fingerprint density at radius 2 is 1.61 bits per heavy atom. The molecule has 120 valence electrons. The SMILES string of the molecule is O=C(O)CCCC(=O)Nc1ccc(NC(=O)c2ccco2)cc1. The summed E-state index contributed by atoms with van der Waals surface area (Å²) in [4.78, 5) is 33.8. The van der Waals surface area contributed by atoms with Crippen molar-refractivity contribution in [2.45, 2.75) is 19.3 Å². The van der Waals surface area contributed by atoms with Crippen LogP contribution < -0.4 is 10.6 Å². The Morgan fingerprint density at radius 1 is 0.957 bits per heavy atom.